The lowest BCUT2D eigenvalue weighted by Crippen LogP contribution is -2.40. The summed E-state index contributed by atoms with van der Waals surface area (Å²) in [5.74, 6) is -3.08. The van der Waals surface area contributed by atoms with Gasteiger partial charge in [0.1, 0.15) is 0 Å². The summed E-state index contributed by atoms with van der Waals surface area (Å²) in [7, 11) is 0. The van der Waals surface area contributed by atoms with Crippen LogP contribution in [0.2, 0.25) is 0 Å². The third kappa shape index (κ3) is 5.37. The molecule has 1 aliphatic heterocycles. The van der Waals surface area contributed by atoms with Crippen molar-refractivity contribution in [2.75, 3.05) is 25.0 Å². The minimum absolute atomic E-state index is 0.0699. The lowest BCUT2D eigenvalue weighted by molar-refractivity contribution is -0.139. The Morgan fingerprint density at radius 2 is 1.84 bits per heavy atom. The van der Waals surface area contributed by atoms with Gasteiger partial charge < -0.3 is 30.3 Å². The van der Waals surface area contributed by atoms with Gasteiger partial charge in [-0.15, -0.1) is 11.3 Å². The van der Waals surface area contributed by atoms with Crippen LogP contribution in [0, 0.1) is 5.92 Å². The number of benzene rings is 1. The van der Waals surface area contributed by atoms with E-state index in [9.17, 15) is 24.3 Å². The van der Waals surface area contributed by atoms with Crippen LogP contribution >= 0.6 is 27.3 Å². The fraction of sp³-hybridized carbons (Fsp3) is 0.300. The number of anilines is 1. The Hall–Kier alpha value is -3.12. The number of rotatable bonds is 7. The maximum Gasteiger partial charge on any atom is 0.407 e. The van der Waals surface area contributed by atoms with Crippen molar-refractivity contribution in [1.29, 1.82) is 0 Å². The predicted octanol–water partition coefficient (Wildman–Crippen LogP) is 3.67. The second kappa shape index (κ2) is 10.0. The zero-order chi connectivity index (χ0) is 23.4. The number of carbonyl (C=O) groups is 4. The molecule has 0 bridgehead atoms. The van der Waals surface area contributed by atoms with E-state index >= 15 is 0 Å². The number of likely N-dealkylation sites (tertiary alicyclic amines) is 1. The van der Waals surface area contributed by atoms with E-state index in [1.807, 2.05) is 0 Å². The monoisotopic (exact) mass is 526 g/mol. The van der Waals surface area contributed by atoms with E-state index < -0.39 is 24.6 Å². The van der Waals surface area contributed by atoms with Gasteiger partial charge in [0.25, 0.3) is 0 Å². The zero-order valence-corrected chi connectivity index (χ0v) is 18.9. The molecule has 3 rings (SSSR count). The minimum Gasteiger partial charge on any atom is -0.479 e. The molecule has 1 saturated heterocycles. The number of nitrogens with one attached hydrogen (secondary N) is 1. The Bertz CT molecular complexity index is 1060. The van der Waals surface area contributed by atoms with Gasteiger partial charge in [0, 0.05) is 24.7 Å². The molecular formula is C20H19BrN2O8S. The molecule has 0 aliphatic carbocycles. The number of hydrogen-bond donors (Lipinski definition) is 4. The molecule has 1 aromatic heterocycles. The van der Waals surface area contributed by atoms with E-state index in [0.717, 1.165) is 11.3 Å². The van der Waals surface area contributed by atoms with E-state index in [1.165, 1.54) is 4.90 Å². The molecule has 1 fully saturated rings. The lowest BCUT2D eigenvalue weighted by Gasteiger charge is -2.29. The SMILES string of the molecule is O=C(O)COc1c(C(=O)O)sc(-c2cccc(NC(=O)C3CCN(C(=O)O)CC3)c2)c1Br. The summed E-state index contributed by atoms with van der Waals surface area (Å²) in [5.41, 5.74) is 1.10. The highest BCUT2D eigenvalue weighted by Crippen LogP contribution is 2.46. The summed E-state index contributed by atoms with van der Waals surface area (Å²) in [6, 6.07) is 6.79. The molecule has 32 heavy (non-hydrogen) atoms. The number of aromatic carboxylic acids is 1. The number of ether oxygens (including phenoxy) is 1. The number of aliphatic carboxylic acids is 1. The number of carboxylic acids is 2. The van der Waals surface area contributed by atoms with Crippen LogP contribution in [0.4, 0.5) is 10.5 Å². The molecule has 0 atom stereocenters. The highest BCUT2D eigenvalue weighted by Gasteiger charge is 2.28. The summed E-state index contributed by atoms with van der Waals surface area (Å²) >= 11 is 4.22. The van der Waals surface area contributed by atoms with Crippen LogP contribution in [0.15, 0.2) is 28.7 Å². The quantitative estimate of drug-likeness (QED) is 0.426. The maximum absolute atomic E-state index is 12.6. The first kappa shape index (κ1) is 23.5. The van der Waals surface area contributed by atoms with Crippen molar-refractivity contribution in [2.45, 2.75) is 12.8 Å². The summed E-state index contributed by atoms with van der Waals surface area (Å²) < 4.78 is 5.47. The van der Waals surface area contributed by atoms with Crippen molar-refractivity contribution in [1.82, 2.24) is 4.90 Å². The standard InChI is InChI=1S/C20H19BrN2O8S/c21-14-15(31-9-13(24)25)17(19(27)28)32-16(14)11-2-1-3-12(8-11)22-18(26)10-4-6-23(7-5-10)20(29)30/h1-3,8,10H,4-7,9H2,(H,22,26)(H,24,25)(H,27,28)(H,29,30). The average Bonchev–Trinajstić information content (AvgIpc) is 3.09. The molecule has 0 saturated carbocycles. The first-order chi connectivity index (χ1) is 15.2. The summed E-state index contributed by atoms with van der Waals surface area (Å²) in [4.78, 5) is 47.7. The predicted molar refractivity (Wildman–Crippen MR) is 118 cm³/mol. The van der Waals surface area contributed by atoms with Crippen molar-refractivity contribution in [2.24, 2.45) is 5.92 Å². The summed E-state index contributed by atoms with van der Waals surface area (Å²) in [6.45, 7) is -0.0920. The molecular weight excluding hydrogens is 508 g/mol. The smallest absolute Gasteiger partial charge is 0.407 e. The van der Waals surface area contributed by atoms with Crippen LogP contribution in [0.5, 0.6) is 5.75 Å². The van der Waals surface area contributed by atoms with Crippen LogP contribution in [0.25, 0.3) is 10.4 Å². The fourth-order valence-corrected chi connectivity index (χ4v) is 5.19. The van der Waals surface area contributed by atoms with Crippen molar-refractivity contribution in [3.05, 3.63) is 33.6 Å². The van der Waals surface area contributed by atoms with Crippen molar-refractivity contribution < 1.29 is 39.2 Å². The molecule has 2 amide bonds. The van der Waals surface area contributed by atoms with E-state index in [-0.39, 0.29) is 22.5 Å². The van der Waals surface area contributed by atoms with Gasteiger partial charge >= 0.3 is 18.0 Å². The van der Waals surface area contributed by atoms with Gasteiger partial charge in [0.05, 0.1) is 9.35 Å². The third-order valence-corrected chi connectivity index (χ3v) is 7.10. The molecule has 12 heteroatoms. The van der Waals surface area contributed by atoms with Crippen molar-refractivity contribution >= 4 is 56.9 Å². The van der Waals surface area contributed by atoms with Crippen LogP contribution in [0.1, 0.15) is 22.5 Å². The van der Waals surface area contributed by atoms with E-state index in [2.05, 4.69) is 21.2 Å². The lowest BCUT2D eigenvalue weighted by atomic mass is 9.96. The summed E-state index contributed by atoms with van der Waals surface area (Å²) in [5, 5.41) is 30.1. The van der Waals surface area contributed by atoms with E-state index in [1.54, 1.807) is 24.3 Å². The molecule has 1 aliphatic rings. The van der Waals surface area contributed by atoms with Gasteiger partial charge in [-0.1, -0.05) is 12.1 Å². The molecule has 0 unspecified atom stereocenters. The van der Waals surface area contributed by atoms with Gasteiger partial charge in [-0.2, -0.15) is 0 Å². The second-order valence-electron chi connectivity index (χ2n) is 7.00. The first-order valence-electron chi connectivity index (χ1n) is 9.46. The molecule has 1 aromatic carbocycles. The molecule has 2 heterocycles. The third-order valence-electron chi connectivity index (χ3n) is 4.87. The minimum atomic E-state index is -1.25. The molecule has 0 radical (unpaired) electrons. The zero-order valence-electron chi connectivity index (χ0n) is 16.5. The Morgan fingerprint density at radius 3 is 2.44 bits per heavy atom. The number of hydrogen-bond acceptors (Lipinski definition) is 6. The Kier molecular flexibility index (Phi) is 7.36. The number of nitrogens with zero attached hydrogens (tertiary/aromatic N) is 1. The number of carbonyl (C=O) groups excluding carboxylic acids is 1. The van der Waals surface area contributed by atoms with Crippen LogP contribution in [0.3, 0.4) is 0 Å². The van der Waals surface area contributed by atoms with Gasteiger partial charge in [-0.25, -0.2) is 14.4 Å². The Morgan fingerprint density at radius 1 is 1.16 bits per heavy atom. The van der Waals surface area contributed by atoms with Crippen molar-refractivity contribution in [3.8, 4) is 16.2 Å². The van der Waals surface area contributed by atoms with Gasteiger partial charge in [-0.3, -0.25) is 4.79 Å². The van der Waals surface area contributed by atoms with Crippen LogP contribution < -0.4 is 10.1 Å². The van der Waals surface area contributed by atoms with E-state index in [0.29, 0.717) is 46.5 Å². The van der Waals surface area contributed by atoms with Crippen molar-refractivity contribution in [3.63, 3.8) is 0 Å². The summed E-state index contributed by atoms with van der Waals surface area (Å²) in [6.07, 6.45) is -0.133. The Balaban J connectivity index is 1.78. The molecule has 0 spiro atoms. The number of halogens is 1. The first-order valence-corrected chi connectivity index (χ1v) is 11.1. The highest BCUT2D eigenvalue weighted by atomic mass is 79.9. The number of carboxylic acid groups (broad SMARTS) is 3. The highest BCUT2D eigenvalue weighted by molar-refractivity contribution is 9.10. The van der Waals surface area contributed by atoms with Gasteiger partial charge in [0.2, 0.25) is 5.91 Å². The number of amides is 2. The van der Waals surface area contributed by atoms with Gasteiger partial charge in [-0.05, 0) is 46.5 Å². The normalized spacial score (nSPS) is 14.1. The molecule has 2 aromatic rings. The van der Waals surface area contributed by atoms with Crippen LogP contribution in [-0.4, -0.2) is 63.9 Å². The molecule has 4 N–H and O–H groups in total. The maximum atomic E-state index is 12.6. The molecule has 170 valence electrons. The topological polar surface area (TPSA) is 153 Å². The van der Waals surface area contributed by atoms with E-state index in [4.69, 9.17) is 14.9 Å². The number of thiophene rings is 1. The average molecular weight is 527 g/mol. The fourth-order valence-electron chi connectivity index (χ4n) is 3.30. The number of piperidine rings is 1. The van der Waals surface area contributed by atoms with Gasteiger partial charge in [0.15, 0.2) is 17.2 Å². The van der Waals surface area contributed by atoms with Crippen LogP contribution in [-0.2, 0) is 9.59 Å². The largest absolute Gasteiger partial charge is 0.479 e. The Labute approximate surface area is 194 Å². The second-order valence-corrected chi connectivity index (χ2v) is 8.82. The molecule has 10 nitrogen and oxygen atoms in total.